The summed E-state index contributed by atoms with van der Waals surface area (Å²) in [7, 11) is 0. The van der Waals surface area contributed by atoms with E-state index >= 15 is 0 Å². The molecular weight excluding hydrogens is 294 g/mol. The molecule has 1 heterocycles. The van der Waals surface area contributed by atoms with Gasteiger partial charge in [-0.1, -0.05) is 33.2 Å². The first-order chi connectivity index (χ1) is 8.61. The van der Waals surface area contributed by atoms with Gasteiger partial charge in [-0.2, -0.15) is 4.98 Å². The first kappa shape index (κ1) is 12.8. The third-order valence-electron chi connectivity index (χ3n) is 2.53. The maximum Gasteiger partial charge on any atom is 0.244 e. The summed E-state index contributed by atoms with van der Waals surface area (Å²) in [5.41, 5.74) is 7.82. The second-order valence-electron chi connectivity index (χ2n) is 3.93. The SMILES string of the molecule is C#CCC(N)c1nc(-c2ccc(C)c(Br)c2)no1. The van der Waals surface area contributed by atoms with E-state index in [9.17, 15) is 0 Å². The number of terminal acetylenes is 1. The highest BCUT2D eigenvalue weighted by atomic mass is 79.9. The van der Waals surface area contributed by atoms with Crippen molar-refractivity contribution in [1.82, 2.24) is 10.1 Å². The summed E-state index contributed by atoms with van der Waals surface area (Å²) in [5.74, 6) is 3.34. The van der Waals surface area contributed by atoms with E-state index in [4.69, 9.17) is 16.7 Å². The highest BCUT2D eigenvalue weighted by Gasteiger charge is 2.15. The normalized spacial score (nSPS) is 12.1. The summed E-state index contributed by atoms with van der Waals surface area (Å²) in [4.78, 5) is 4.25. The summed E-state index contributed by atoms with van der Waals surface area (Å²) in [5, 5.41) is 3.90. The van der Waals surface area contributed by atoms with Crippen LogP contribution in [0.3, 0.4) is 0 Å². The highest BCUT2D eigenvalue weighted by Crippen LogP contribution is 2.24. The molecule has 0 saturated carbocycles. The van der Waals surface area contributed by atoms with E-state index < -0.39 is 6.04 Å². The van der Waals surface area contributed by atoms with Gasteiger partial charge in [0.05, 0.1) is 6.04 Å². The molecular formula is C13H12BrN3O. The molecule has 4 nitrogen and oxygen atoms in total. The Kier molecular flexibility index (Phi) is 3.80. The van der Waals surface area contributed by atoms with Gasteiger partial charge in [0, 0.05) is 16.5 Å². The number of hydrogen-bond donors (Lipinski definition) is 1. The lowest BCUT2D eigenvalue weighted by Gasteiger charge is -2.00. The summed E-state index contributed by atoms with van der Waals surface area (Å²) in [6.07, 6.45) is 5.57. The third-order valence-corrected chi connectivity index (χ3v) is 3.38. The minimum Gasteiger partial charge on any atom is -0.337 e. The second-order valence-corrected chi connectivity index (χ2v) is 4.79. The molecule has 0 radical (unpaired) electrons. The summed E-state index contributed by atoms with van der Waals surface area (Å²) >= 11 is 3.47. The van der Waals surface area contributed by atoms with Crippen molar-refractivity contribution in [3.05, 3.63) is 34.1 Å². The molecule has 2 aromatic rings. The van der Waals surface area contributed by atoms with E-state index in [-0.39, 0.29) is 0 Å². The van der Waals surface area contributed by atoms with Gasteiger partial charge in [0.2, 0.25) is 11.7 Å². The van der Waals surface area contributed by atoms with Crippen LogP contribution in [0, 0.1) is 19.3 Å². The zero-order chi connectivity index (χ0) is 13.1. The Balaban J connectivity index is 2.29. The monoisotopic (exact) mass is 305 g/mol. The summed E-state index contributed by atoms with van der Waals surface area (Å²) in [6.45, 7) is 2.01. The average Bonchev–Trinajstić information content (AvgIpc) is 2.82. The van der Waals surface area contributed by atoms with E-state index in [1.165, 1.54) is 0 Å². The predicted octanol–water partition coefficient (Wildman–Crippen LogP) is 2.83. The van der Waals surface area contributed by atoms with Crippen LogP contribution in [0.25, 0.3) is 11.4 Å². The fourth-order valence-electron chi connectivity index (χ4n) is 1.45. The molecule has 2 rings (SSSR count). The van der Waals surface area contributed by atoms with Crippen LogP contribution in [-0.4, -0.2) is 10.1 Å². The van der Waals surface area contributed by atoms with Crippen molar-refractivity contribution in [3.63, 3.8) is 0 Å². The lowest BCUT2D eigenvalue weighted by molar-refractivity contribution is 0.357. The lowest BCUT2D eigenvalue weighted by Crippen LogP contribution is -2.09. The van der Waals surface area contributed by atoms with Crippen LogP contribution < -0.4 is 5.73 Å². The smallest absolute Gasteiger partial charge is 0.244 e. The minimum absolute atomic E-state index is 0.361. The highest BCUT2D eigenvalue weighted by molar-refractivity contribution is 9.10. The van der Waals surface area contributed by atoms with Crippen molar-refractivity contribution in [2.24, 2.45) is 5.73 Å². The Morgan fingerprint density at radius 1 is 1.56 bits per heavy atom. The molecule has 5 heteroatoms. The Labute approximate surface area is 114 Å². The molecule has 0 fully saturated rings. The number of halogens is 1. The number of nitrogens with zero attached hydrogens (tertiary/aromatic N) is 2. The number of hydrogen-bond acceptors (Lipinski definition) is 4. The molecule has 92 valence electrons. The number of benzene rings is 1. The molecule has 0 bridgehead atoms. The predicted molar refractivity (Wildman–Crippen MR) is 72.5 cm³/mol. The van der Waals surface area contributed by atoms with Crippen molar-refractivity contribution in [1.29, 1.82) is 0 Å². The maximum atomic E-state index is 5.80. The van der Waals surface area contributed by atoms with Crippen LogP contribution in [0.15, 0.2) is 27.2 Å². The summed E-state index contributed by atoms with van der Waals surface area (Å²) < 4.78 is 6.11. The molecule has 1 aromatic heterocycles. The second kappa shape index (κ2) is 5.34. The van der Waals surface area contributed by atoms with Crippen LogP contribution in [0.5, 0.6) is 0 Å². The number of aryl methyl sites for hydroxylation is 1. The van der Waals surface area contributed by atoms with Crippen molar-refractivity contribution in [2.75, 3.05) is 0 Å². The largest absolute Gasteiger partial charge is 0.337 e. The van der Waals surface area contributed by atoms with Crippen LogP contribution in [0.2, 0.25) is 0 Å². The van der Waals surface area contributed by atoms with Gasteiger partial charge < -0.3 is 10.3 Å². The van der Waals surface area contributed by atoms with E-state index in [1.54, 1.807) is 0 Å². The zero-order valence-corrected chi connectivity index (χ0v) is 11.4. The van der Waals surface area contributed by atoms with Crippen molar-refractivity contribution in [3.8, 4) is 23.7 Å². The van der Waals surface area contributed by atoms with Gasteiger partial charge in [0.15, 0.2) is 0 Å². The zero-order valence-electron chi connectivity index (χ0n) is 9.85. The third kappa shape index (κ3) is 2.61. The van der Waals surface area contributed by atoms with Crippen molar-refractivity contribution >= 4 is 15.9 Å². The molecule has 18 heavy (non-hydrogen) atoms. The standard InChI is InChI=1S/C13H12BrN3O/c1-3-4-11(15)13-16-12(17-18-13)9-6-5-8(2)10(14)7-9/h1,5-7,11H,4,15H2,2H3. The molecule has 1 aromatic carbocycles. The van der Waals surface area contributed by atoms with Crippen molar-refractivity contribution in [2.45, 2.75) is 19.4 Å². The molecule has 0 spiro atoms. The molecule has 2 N–H and O–H groups in total. The van der Waals surface area contributed by atoms with Crippen LogP contribution in [0.4, 0.5) is 0 Å². The first-order valence-electron chi connectivity index (χ1n) is 5.41. The maximum absolute atomic E-state index is 5.80. The van der Waals surface area contributed by atoms with E-state index in [0.29, 0.717) is 18.1 Å². The van der Waals surface area contributed by atoms with Crippen LogP contribution in [-0.2, 0) is 0 Å². The van der Waals surface area contributed by atoms with Gasteiger partial charge >= 0.3 is 0 Å². The Morgan fingerprint density at radius 3 is 3.00 bits per heavy atom. The molecule has 0 aliphatic heterocycles. The van der Waals surface area contributed by atoms with E-state index in [1.807, 2.05) is 25.1 Å². The molecule has 0 amide bonds. The van der Waals surface area contributed by atoms with Gasteiger partial charge in [0.1, 0.15) is 0 Å². The van der Waals surface area contributed by atoms with E-state index in [0.717, 1.165) is 15.6 Å². The first-order valence-corrected chi connectivity index (χ1v) is 6.20. The molecule has 1 atom stereocenters. The number of nitrogens with two attached hydrogens (primary N) is 1. The Bertz CT molecular complexity index is 601. The number of rotatable bonds is 3. The van der Waals surface area contributed by atoms with Gasteiger partial charge in [0.25, 0.3) is 0 Å². The Morgan fingerprint density at radius 2 is 2.33 bits per heavy atom. The summed E-state index contributed by atoms with van der Waals surface area (Å²) in [6, 6.07) is 5.44. The molecule has 0 aliphatic rings. The van der Waals surface area contributed by atoms with Crippen molar-refractivity contribution < 1.29 is 4.52 Å². The van der Waals surface area contributed by atoms with Gasteiger partial charge in [-0.25, -0.2) is 0 Å². The topological polar surface area (TPSA) is 64.9 Å². The fraction of sp³-hybridized carbons (Fsp3) is 0.231. The van der Waals surface area contributed by atoms with Crippen LogP contribution >= 0.6 is 15.9 Å². The minimum atomic E-state index is -0.412. The fourth-order valence-corrected chi connectivity index (χ4v) is 1.83. The lowest BCUT2D eigenvalue weighted by atomic mass is 10.1. The quantitative estimate of drug-likeness (QED) is 0.886. The van der Waals surface area contributed by atoms with Crippen LogP contribution in [0.1, 0.15) is 23.9 Å². The Hall–Kier alpha value is -1.64. The van der Waals surface area contributed by atoms with E-state index in [2.05, 4.69) is 32.0 Å². The van der Waals surface area contributed by atoms with Gasteiger partial charge in [-0.3, -0.25) is 0 Å². The molecule has 1 unspecified atom stereocenters. The molecule has 0 saturated heterocycles. The van der Waals surface area contributed by atoms with Gasteiger partial charge in [-0.05, 0) is 18.6 Å². The van der Waals surface area contributed by atoms with Gasteiger partial charge in [-0.15, -0.1) is 12.3 Å². The molecule has 0 aliphatic carbocycles. The average molecular weight is 306 g/mol. The number of aromatic nitrogens is 2.